The van der Waals surface area contributed by atoms with E-state index < -0.39 is 0 Å². The van der Waals surface area contributed by atoms with Gasteiger partial charge in [0.2, 0.25) is 0 Å². The van der Waals surface area contributed by atoms with Gasteiger partial charge in [0.1, 0.15) is 5.69 Å². The van der Waals surface area contributed by atoms with Gasteiger partial charge in [-0.3, -0.25) is 4.79 Å². The van der Waals surface area contributed by atoms with E-state index in [2.05, 4.69) is 15.0 Å². The van der Waals surface area contributed by atoms with Crippen molar-refractivity contribution >= 4 is 17.6 Å². The predicted molar refractivity (Wildman–Crippen MR) is 53.3 cm³/mol. The molecule has 0 aliphatic carbocycles. The van der Waals surface area contributed by atoms with Gasteiger partial charge in [-0.25, -0.2) is 15.0 Å². The van der Waals surface area contributed by atoms with Gasteiger partial charge in [0.25, 0.3) is 0 Å². The molecule has 2 aromatic heterocycles. The second-order valence-corrected chi connectivity index (χ2v) is 3.64. The highest BCUT2D eigenvalue weighted by Crippen LogP contribution is 2.18. The normalized spacial score (nSPS) is 10.1. The minimum atomic E-state index is 0.425. The van der Waals surface area contributed by atoms with Gasteiger partial charge in [-0.1, -0.05) is 0 Å². The molecule has 2 heterocycles. The lowest BCUT2D eigenvalue weighted by Gasteiger charge is -1.93. The van der Waals surface area contributed by atoms with E-state index in [0.29, 0.717) is 22.8 Å². The second kappa shape index (κ2) is 3.63. The van der Waals surface area contributed by atoms with Crippen molar-refractivity contribution in [2.75, 3.05) is 0 Å². The number of hydrogen-bond donors (Lipinski definition) is 0. The van der Waals surface area contributed by atoms with E-state index in [1.165, 1.54) is 11.3 Å². The molecule has 0 saturated carbocycles. The number of hydrogen-bond acceptors (Lipinski definition) is 5. The van der Waals surface area contributed by atoms with Crippen LogP contribution in [0.15, 0.2) is 17.8 Å². The van der Waals surface area contributed by atoms with Gasteiger partial charge in [-0.15, -0.1) is 11.3 Å². The first-order chi connectivity index (χ1) is 6.79. The standard InChI is InChI=1S/C9H7N3OS/c1-6-2-10-8(11-3-6)9-12-7(4-13)5-14-9/h2-5H,1H3. The molecule has 0 unspecified atom stereocenters. The van der Waals surface area contributed by atoms with Crippen molar-refractivity contribution < 1.29 is 4.79 Å². The van der Waals surface area contributed by atoms with Crippen LogP contribution in [-0.2, 0) is 0 Å². The molecule has 2 aromatic rings. The van der Waals surface area contributed by atoms with E-state index in [1.54, 1.807) is 17.8 Å². The van der Waals surface area contributed by atoms with Crippen molar-refractivity contribution in [1.82, 2.24) is 15.0 Å². The topological polar surface area (TPSA) is 55.7 Å². The number of carbonyl (C=O) groups excluding carboxylic acids is 1. The Morgan fingerprint density at radius 1 is 1.36 bits per heavy atom. The van der Waals surface area contributed by atoms with Crippen LogP contribution in [0.25, 0.3) is 10.8 Å². The highest BCUT2D eigenvalue weighted by Gasteiger charge is 2.05. The zero-order valence-electron chi connectivity index (χ0n) is 7.47. The molecule has 5 heteroatoms. The number of aldehydes is 1. The number of rotatable bonds is 2. The van der Waals surface area contributed by atoms with E-state index >= 15 is 0 Å². The SMILES string of the molecule is Cc1cnc(-c2nc(C=O)cs2)nc1. The van der Waals surface area contributed by atoms with E-state index in [4.69, 9.17) is 0 Å². The summed E-state index contributed by atoms with van der Waals surface area (Å²) in [5, 5.41) is 2.36. The van der Waals surface area contributed by atoms with Crippen LogP contribution in [0.4, 0.5) is 0 Å². The van der Waals surface area contributed by atoms with Crippen molar-refractivity contribution in [3.8, 4) is 10.8 Å². The lowest BCUT2D eigenvalue weighted by Crippen LogP contribution is -1.89. The first kappa shape index (κ1) is 8.96. The fourth-order valence-electron chi connectivity index (χ4n) is 0.946. The Bertz CT molecular complexity index is 449. The monoisotopic (exact) mass is 205 g/mol. The molecule has 0 N–H and O–H groups in total. The average Bonchev–Trinajstić information content (AvgIpc) is 2.67. The number of nitrogens with zero attached hydrogens (tertiary/aromatic N) is 3. The van der Waals surface area contributed by atoms with Crippen LogP contribution in [0.2, 0.25) is 0 Å². The highest BCUT2D eigenvalue weighted by atomic mass is 32.1. The van der Waals surface area contributed by atoms with Crippen molar-refractivity contribution in [1.29, 1.82) is 0 Å². The van der Waals surface area contributed by atoms with E-state index in [1.807, 2.05) is 6.92 Å². The summed E-state index contributed by atoms with van der Waals surface area (Å²) in [4.78, 5) is 22.7. The fourth-order valence-corrected chi connectivity index (χ4v) is 1.66. The molecule has 0 radical (unpaired) electrons. The van der Waals surface area contributed by atoms with Crippen molar-refractivity contribution in [3.63, 3.8) is 0 Å². The molecule has 4 nitrogen and oxygen atoms in total. The maximum Gasteiger partial charge on any atom is 0.188 e. The molecule has 70 valence electrons. The molecule has 14 heavy (non-hydrogen) atoms. The Hall–Kier alpha value is -1.62. The Labute approximate surface area is 84.7 Å². The highest BCUT2D eigenvalue weighted by molar-refractivity contribution is 7.13. The van der Waals surface area contributed by atoms with Gasteiger partial charge < -0.3 is 0 Å². The van der Waals surface area contributed by atoms with Crippen LogP contribution in [0.1, 0.15) is 16.1 Å². The van der Waals surface area contributed by atoms with Gasteiger partial charge in [0.05, 0.1) is 0 Å². The molecule has 0 atom stereocenters. The van der Waals surface area contributed by atoms with E-state index in [-0.39, 0.29) is 0 Å². The molecule has 0 bridgehead atoms. The summed E-state index contributed by atoms with van der Waals surface area (Å²) in [7, 11) is 0. The molecule has 0 aliphatic rings. The third-order valence-corrected chi connectivity index (χ3v) is 2.47. The zero-order chi connectivity index (χ0) is 9.97. The molecule has 2 rings (SSSR count). The predicted octanol–water partition coefficient (Wildman–Crippen LogP) is 1.72. The number of aromatic nitrogens is 3. The summed E-state index contributed by atoms with van der Waals surface area (Å²) in [5.74, 6) is 0.564. The van der Waals surface area contributed by atoms with Gasteiger partial charge in [-0.05, 0) is 12.5 Å². The first-order valence-electron chi connectivity index (χ1n) is 3.99. The zero-order valence-corrected chi connectivity index (χ0v) is 8.28. The third kappa shape index (κ3) is 1.67. The smallest absolute Gasteiger partial charge is 0.188 e. The molecule has 0 fully saturated rings. The fraction of sp³-hybridized carbons (Fsp3) is 0.111. The van der Waals surface area contributed by atoms with Gasteiger partial charge >= 0.3 is 0 Å². The van der Waals surface area contributed by atoms with Crippen molar-refractivity contribution in [3.05, 3.63) is 29.0 Å². The summed E-state index contributed by atoms with van der Waals surface area (Å²) >= 11 is 1.37. The van der Waals surface area contributed by atoms with Crippen molar-refractivity contribution in [2.45, 2.75) is 6.92 Å². The van der Waals surface area contributed by atoms with Crippen LogP contribution >= 0.6 is 11.3 Å². The summed E-state index contributed by atoms with van der Waals surface area (Å²) in [6.45, 7) is 1.92. The Kier molecular flexibility index (Phi) is 2.32. The van der Waals surface area contributed by atoms with Crippen LogP contribution in [0.5, 0.6) is 0 Å². The van der Waals surface area contributed by atoms with Crippen LogP contribution in [0, 0.1) is 6.92 Å². The minimum Gasteiger partial charge on any atom is -0.296 e. The lowest BCUT2D eigenvalue weighted by atomic mass is 10.4. The quantitative estimate of drug-likeness (QED) is 0.700. The molecule has 0 saturated heterocycles. The maximum absolute atomic E-state index is 10.4. The number of aryl methyl sites for hydroxylation is 1. The van der Waals surface area contributed by atoms with Gasteiger partial charge in [-0.2, -0.15) is 0 Å². The molecule has 0 aliphatic heterocycles. The van der Waals surface area contributed by atoms with Crippen LogP contribution in [-0.4, -0.2) is 21.2 Å². The Morgan fingerprint density at radius 3 is 2.64 bits per heavy atom. The minimum absolute atomic E-state index is 0.425. The largest absolute Gasteiger partial charge is 0.296 e. The lowest BCUT2D eigenvalue weighted by molar-refractivity contribution is 0.111. The van der Waals surface area contributed by atoms with Gasteiger partial charge in [0.15, 0.2) is 17.1 Å². The van der Waals surface area contributed by atoms with Gasteiger partial charge in [0, 0.05) is 17.8 Å². The molecule has 0 spiro atoms. The summed E-state index contributed by atoms with van der Waals surface area (Å²) in [6, 6.07) is 0. The first-order valence-corrected chi connectivity index (χ1v) is 4.87. The van der Waals surface area contributed by atoms with Crippen LogP contribution < -0.4 is 0 Å². The molecular weight excluding hydrogens is 198 g/mol. The second-order valence-electron chi connectivity index (χ2n) is 2.78. The summed E-state index contributed by atoms with van der Waals surface area (Å²) in [6.07, 6.45) is 4.17. The Morgan fingerprint density at radius 2 is 2.07 bits per heavy atom. The van der Waals surface area contributed by atoms with Crippen molar-refractivity contribution in [2.24, 2.45) is 0 Å². The van der Waals surface area contributed by atoms with E-state index in [9.17, 15) is 4.79 Å². The Balaban J connectivity index is 2.39. The number of carbonyl (C=O) groups is 1. The summed E-state index contributed by atoms with van der Waals surface area (Å²) < 4.78 is 0. The molecular formula is C9H7N3OS. The molecule has 0 aromatic carbocycles. The summed E-state index contributed by atoms with van der Waals surface area (Å²) in [5.41, 5.74) is 1.43. The maximum atomic E-state index is 10.4. The van der Waals surface area contributed by atoms with E-state index in [0.717, 1.165) is 5.56 Å². The average molecular weight is 205 g/mol. The third-order valence-electron chi connectivity index (χ3n) is 1.61. The molecule has 0 amide bonds. The van der Waals surface area contributed by atoms with Crippen LogP contribution in [0.3, 0.4) is 0 Å². The number of thiazole rings is 1.